The first-order valence-corrected chi connectivity index (χ1v) is 10.5. The third-order valence-corrected chi connectivity index (χ3v) is 5.64. The number of amides is 1. The maximum Gasteiger partial charge on any atom is 0.222 e. The molecule has 5 atom stereocenters. The average molecular weight is 394 g/mol. The van der Waals surface area contributed by atoms with Gasteiger partial charge in [-0.25, -0.2) is 0 Å². The molecule has 2 aliphatic rings. The molecule has 6 nitrogen and oxygen atoms in total. The van der Waals surface area contributed by atoms with Gasteiger partial charge in [-0.3, -0.25) is 9.59 Å². The Morgan fingerprint density at radius 2 is 2.07 bits per heavy atom. The SMILES string of the molecule is CCCCC[C@H](O)/C=C/[C@@H]1[C@H]2C(=O)/C(=C/CCCC(=O)N(C)C)O[C@H]2C[C@H]1O. The van der Waals surface area contributed by atoms with Gasteiger partial charge in [0.05, 0.1) is 18.1 Å². The van der Waals surface area contributed by atoms with Crippen LogP contribution < -0.4 is 0 Å². The van der Waals surface area contributed by atoms with E-state index in [1.54, 1.807) is 37.2 Å². The third kappa shape index (κ3) is 5.92. The topological polar surface area (TPSA) is 87.1 Å². The van der Waals surface area contributed by atoms with Gasteiger partial charge in [0.25, 0.3) is 0 Å². The summed E-state index contributed by atoms with van der Waals surface area (Å²) in [5, 5.41) is 20.4. The van der Waals surface area contributed by atoms with Crippen LogP contribution in [-0.4, -0.2) is 59.2 Å². The van der Waals surface area contributed by atoms with Gasteiger partial charge in [0, 0.05) is 32.9 Å². The lowest BCUT2D eigenvalue weighted by atomic mass is 9.89. The van der Waals surface area contributed by atoms with Crippen molar-refractivity contribution in [3.63, 3.8) is 0 Å². The summed E-state index contributed by atoms with van der Waals surface area (Å²) in [6, 6.07) is 0. The number of ether oxygens (including phenoxy) is 1. The summed E-state index contributed by atoms with van der Waals surface area (Å²) in [6.45, 7) is 2.12. The first kappa shape index (κ1) is 22.6. The summed E-state index contributed by atoms with van der Waals surface area (Å²) in [4.78, 5) is 25.9. The fourth-order valence-corrected chi connectivity index (χ4v) is 3.94. The van der Waals surface area contributed by atoms with E-state index in [1.165, 1.54) is 0 Å². The molecule has 1 aliphatic heterocycles. The van der Waals surface area contributed by atoms with Crippen molar-refractivity contribution in [1.29, 1.82) is 0 Å². The van der Waals surface area contributed by atoms with E-state index in [-0.39, 0.29) is 29.6 Å². The van der Waals surface area contributed by atoms with Crippen LogP contribution in [0.3, 0.4) is 0 Å². The summed E-state index contributed by atoms with van der Waals surface area (Å²) >= 11 is 0. The van der Waals surface area contributed by atoms with Crippen LogP contribution in [0.4, 0.5) is 0 Å². The van der Waals surface area contributed by atoms with E-state index < -0.39 is 12.2 Å². The van der Waals surface area contributed by atoms with Crippen molar-refractivity contribution >= 4 is 11.7 Å². The quantitative estimate of drug-likeness (QED) is 0.338. The Bertz CT molecular complexity index is 598. The second-order valence-electron chi connectivity index (χ2n) is 8.12. The number of carbonyl (C=O) groups is 2. The van der Waals surface area contributed by atoms with Crippen LogP contribution in [0.5, 0.6) is 0 Å². The maximum absolute atomic E-state index is 12.8. The second kappa shape index (κ2) is 10.8. The molecule has 28 heavy (non-hydrogen) atoms. The minimum atomic E-state index is -0.627. The van der Waals surface area contributed by atoms with E-state index in [0.717, 1.165) is 19.3 Å². The Balaban J connectivity index is 1.90. The number of unbranched alkanes of at least 4 members (excludes halogenated alkanes) is 3. The van der Waals surface area contributed by atoms with Crippen LogP contribution in [-0.2, 0) is 14.3 Å². The van der Waals surface area contributed by atoms with Crippen molar-refractivity contribution in [1.82, 2.24) is 4.90 Å². The van der Waals surface area contributed by atoms with E-state index in [2.05, 4.69) is 6.92 Å². The first-order chi connectivity index (χ1) is 13.3. The van der Waals surface area contributed by atoms with Gasteiger partial charge in [0.2, 0.25) is 11.7 Å². The van der Waals surface area contributed by atoms with Gasteiger partial charge >= 0.3 is 0 Å². The van der Waals surface area contributed by atoms with E-state index >= 15 is 0 Å². The summed E-state index contributed by atoms with van der Waals surface area (Å²) in [6.07, 6.45) is 9.81. The van der Waals surface area contributed by atoms with Gasteiger partial charge in [0.1, 0.15) is 6.10 Å². The van der Waals surface area contributed by atoms with E-state index in [4.69, 9.17) is 4.74 Å². The number of allylic oxidation sites excluding steroid dienone is 2. The molecular formula is C22H35NO5. The molecule has 0 radical (unpaired) electrons. The predicted octanol–water partition coefficient (Wildman–Crippen LogP) is 2.59. The molecule has 2 fully saturated rings. The van der Waals surface area contributed by atoms with Crippen molar-refractivity contribution in [2.75, 3.05) is 14.1 Å². The van der Waals surface area contributed by atoms with Gasteiger partial charge in [-0.15, -0.1) is 0 Å². The maximum atomic E-state index is 12.8. The van der Waals surface area contributed by atoms with Crippen molar-refractivity contribution in [3.05, 3.63) is 24.0 Å². The number of rotatable bonds is 10. The number of hydrogen-bond donors (Lipinski definition) is 2. The summed E-state index contributed by atoms with van der Waals surface area (Å²) in [5.41, 5.74) is 0. The highest BCUT2D eigenvalue weighted by molar-refractivity contribution is 5.98. The zero-order valence-corrected chi connectivity index (χ0v) is 17.3. The highest BCUT2D eigenvalue weighted by Gasteiger charge is 2.52. The van der Waals surface area contributed by atoms with E-state index in [9.17, 15) is 19.8 Å². The molecule has 1 saturated heterocycles. The van der Waals surface area contributed by atoms with Gasteiger partial charge in [-0.2, -0.15) is 0 Å². The Morgan fingerprint density at radius 3 is 2.75 bits per heavy atom. The Hall–Kier alpha value is -1.66. The molecule has 1 heterocycles. The van der Waals surface area contributed by atoms with Gasteiger partial charge in [0.15, 0.2) is 5.76 Å². The predicted molar refractivity (Wildman–Crippen MR) is 107 cm³/mol. The van der Waals surface area contributed by atoms with Gasteiger partial charge in [-0.05, 0) is 25.3 Å². The van der Waals surface area contributed by atoms with Crippen molar-refractivity contribution in [3.8, 4) is 0 Å². The van der Waals surface area contributed by atoms with E-state index in [1.807, 2.05) is 0 Å². The molecule has 0 aromatic rings. The number of Topliss-reactive ketones (excluding diaryl/α,β-unsaturated/α-hetero) is 1. The minimum absolute atomic E-state index is 0.0692. The highest BCUT2D eigenvalue weighted by atomic mass is 16.5. The third-order valence-electron chi connectivity index (χ3n) is 5.64. The molecule has 0 bridgehead atoms. The average Bonchev–Trinajstić information content (AvgIpc) is 3.11. The molecule has 0 aromatic carbocycles. The molecule has 2 N–H and O–H groups in total. The molecular weight excluding hydrogens is 358 g/mol. The summed E-state index contributed by atoms with van der Waals surface area (Å²) < 4.78 is 5.80. The second-order valence-corrected chi connectivity index (χ2v) is 8.12. The molecule has 0 aromatic heterocycles. The summed E-state index contributed by atoms with van der Waals surface area (Å²) in [7, 11) is 3.45. The Morgan fingerprint density at radius 1 is 1.32 bits per heavy atom. The molecule has 1 aliphatic carbocycles. The van der Waals surface area contributed by atoms with Crippen LogP contribution >= 0.6 is 0 Å². The molecule has 6 heteroatoms. The zero-order valence-electron chi connectivity index (χ0n) is 17.3. The number of carbonyl (C=O) groups excluding carboxylic acids is 2. The standard InChI is InChI=1S/C22H35NO5/c1-4-5-6-9-15(24)12-13-16-17(25)14-19-21(16)22(27)18(28-19)10-7-8-11-20(26)23(2)3/h10,12-13,15-17,19,21,24-25H,4-9,11,14H2,1-3H3/b13-12+,18-10-/t15-,16-,17+,19-,21+/m0/s1. The van der Waals surface area contributed by atoms with Crippen molar-refractivity contribution in [2.45, 2.75) is 76.6 Å². The number of aliphatic hydroxyl groups is 2. The molecule has 0 unspecified atom stereocenters. The first-order valence-electron chi connectivity index (χ1n) is 10.5. The van der Waals surface area contributed by atoms with Gasteiger partial charge in [-0.1, -0.05) is 38.3 Å². The number of ketones is 1. The molecule has 1 saturated carbocycles. The largest absolute Gasteiger partial charge is 0.486 e. The van der Waals surface area contributed by atoms with E-state index in [0.29, 0.717) is 37.9 Å². The van der Waals surface area contributed by atoms with Crippen LogP contribution in [0.25, 0.3) is 0 Å². The monoisotopic (exact) mass is 393 g/mol. The van der Waals surface area contributed by atoms with Crippen LogP contribution in [0, 0.1) is 11.8 Å². The lowest BCUT2D eigenvalue weighted by Crippen LogP contribution is -2.24. The highest BCUT2D eigenvalue weighted by Crippen LogP contribution is 2.43. The molecule has 2 rings (SSSR count). The smallest absolute Gasteiger partial charge is 0.222 e. The van der Waals surface area contributed by atoms with Crippen LogP contribution in [0.15, 0.2) is 24.0 Å². The van der Waals surface area contributed by atoms with Crippen molar-refractivity contribution < 1.29 is 24.5 Å². The molecule has 0 spiro atoms. The minimum Gasteiger partial charge on any atom is -0.486 e. The van der Waals surface area contributed by atoms with Gasteiger partial charge < -0.3 is 19.8 Å². The van der Waals surface area contributed by atoms with Crippen molar-refractivity contribution in [2.24, 2.45) is 11.8 Å². The molecule has 1 amide bonds. The lowest BCUT2D eigenvalue weighted by Gasteiger charge is -2.15. The number of aliphatic hydroxyl groups excluding tert-OH is 2. The number of nitrogens with zero attached hydrogens (tertiary/aromatic N) is 1. The Kier molecular flexibility index (Phi) is 8.70. The lowest BCUT2D eigenvalue weighted by molar-refractivity contribution is -0.128. The molecule has 158 valence electrons. The normalized spacial score (nSPS) is 29.3. The van der Waals surface area contributed by atoms with Crippen LogP contribution in [0.2, 0.25) is 0 Å². The fourth-order valence-electron chi connectivity index (χ4n) is 3.94. The Labute approximate surface area is 168 Å². The summed E-state index contributed by atoms with van der Waals surface area (Å²) in [5.74, 6) is -0.347. The number of hydrogen-bond acceptors (Lipinski definition) is 5. The van der Waals surface area contributed by atoms with Crippen LogP contribution in [0.1, 0.15) is 58.3 Å². The fraction of sp³-hybridized carbons (Fsp3) is 0.727. The number of fused-ring (bicyclic) bond motifs is 1. The zero-order chi connectivity index (χ0) is 20.7.